The Bertz CT molecular complexity index is 228. The van der Waals surface area contributed by atoms with Gasteiger partial charge in [0, 0.05) is 0 Å². The number of carboxylic acid groups (broad SMARTS) is 1. The molecule has 0 aromatic carbocycles. The summed E-state index contributed by atoms with van der Waals surface area (Å²) in [6.07, 6.45) is 8.08. The number of carbonyl (C=O) groups is 1. The molecule has 0 saturated carbocycles. The van der Waals surface area contributed by atoms with Crippen LogP contribution in [0.5, 0.6) is 0 Å². The van der Waals surface area contributed by atoms with Crippen molar-refractivity contribution in [2.75, 3.05) is 0 Å². The fourth-order valence-corrected chi connectivity index (χ4v) is 2.77. The highest BCUT2D eigenvalue weighted by Crippen LogP contribution is 2.30. The van der Waals surface area contributed by atoms with Crippen molar-refractivity contribution in [3.63, 3.8) is 0 Å². The minimum Gasteiger partial charge on any atom is -0.481 e. The number of hydrogen-bond acceptors (Lipinski definition) is 1. The Hall–Kier alpha value is -0.530. The average molecular weight is 286 g/mol. The molecule has 0 heterocycles. The number of rotatable bonds is 9. The van der Waals surface area contributed by atoms with Gasteiger partial charge in [0.1, 0.15) is 0 Å². The van der Waals surface area contributed by atoms with Gasteiger partial charge in [-0.15, -0.1) is 0 Å². The molecule has 0 spiro atoms. The van der Waals surface area contributed by atoms with Gasteiger partial charge in [-0.05, 0) is 24.2 Å². The van der Waals surface area contributed by atoms with E-state index in [0.717, 1.165) is 19.3 Å². The fraction of sp³-hybridized carbons (Fsp3) is 0.944. The summed E-state index contributed by atoms with van der Waals surface area (Å²) in [6.45, 7) is 15.3. The van der Waals surface area contributed by atoms with Crippen molar-refractivity contribution in [3.05, 3.63) is 0 Å². The summed E-state index contributed by atoms with van der Waals surface area (Å²) < 4.78 is 0. The molecule has 1 atom stereocenters. The molecule has 122 valence electrons. The van der Waals surface area contributed by atoms with Crippen LogP contribution in [0.15, 0.2) is 0 Å². The maximum Gasteiger partial charge on any atom is 0.306 e. The maximum absolute atomic E-state index is 10.7. The highest BCUT2D eigenvalue weighted by atomic mass is 16.4. The van der Waals surface area contributed by atoms with Crippen LogP contribution < -0.4 is 0 Å². The van der Waals surface area contributed by atoms with Gasteiger partial charge in [-0.1, -0.05) is 80.6 Å². The molecule has 0 bridgehead atoms. The highest BCUT2D eigenvalue weighted by molar-refractivity contribution is 5.70. The Kier molecular flexibility index (Phi) is 13.3. The SMILES string of the molecule is CCC(CC)C(CC)C(=O)O.CCCC(C)(CC)CC. The predicted molar refractivity (Wildman–Crippen MR) is 89.1 cm³/mol. The van der Waals surface area contributed by atoms with Crippen LogP contribution in [0.2, 0.25) is 0 Å². The molecule has 1 N–H and O–H groups in total. The van der Waals surface area contributed by atoms with Crippen LogP contribution in [-0.4, -0.2) is 11.1 Å². The van der Waals surface area contributed by atoms with Crippen molar-refractivity contribution in [2.45, 2.75) is 93.4 Å². The van der Waals surface area contributed by atoms with Crippen molar-refractivity contribution in [1.82, 2.24) is 0 Å². The van der Waals surface area contributed by atoms with Gasteiger partial charge in [-0.25, -0.2) is 0 Å². The highest BCUT2D eigenvalue weighted by Gasteiger charge is 2.22. The lowest BCUT2D eigenvalue weighted by atomic mass is 9.81. The Morgan fingerprint density at radius 2 is 1.40 bits per heavy atom. The number of hydrogen-bond donors (Lipinski definition) is 1. The van der Waals surface area contributed by atoms with E-state index in [1.165, 1.54) is 25.7 Å². The van der Waals surface area contributed by atoms with Crippen LogP contribution in [0, 0.1) is 17.3 Å². The van der Waals surface area contributed by atoms with E-state index >= 15 is 0 Å². The summed E-state index contributed by atoms with van der Waals surface area (Å²) in [5.74, 6) is -0.413. The van der Waals surface area contributed by atoms with E-state index in [-0.39, 0.29) is 5.92 Å². The minimum atomic E-state index is -0.638. The zero-order chi connectivity index (χ0) is 16.2. The summed E-state index contributed by atoms with van der Waals surface area (Å²) >= 11 is 0. The Labute approximate surface area is 127 Å². The molecule has 2 heteroatoms. The smallest absolute Gasteiger partial charge is 0.306 e. The van der Waals surface area contributed by atoms with Crippen molar-refractivity contribution in [3.8, 4) is 0 Å². The van der Waals surface area contributed by atoms with Crippen LogP contribution in [0.4, 0.5) is 0 Å². The lowest BCUT2D eigenvalue weighted by Gasteiger charge is -2.25. The van der Waals surface area contributed by atoms with Crippen molar-refractivity contribution >= 4 is 5.97 Å². The number of carboxylic acids is 1. The molecule has 20 heavy (non-hydrogen) atoms. The molecule has 0 fully saturated rings. The lowest BCUT2D eigenvalue weighted by molar-refractivity contribution is -0.143. The van der Waals surface area contributed by atoms with Crippen LogP contribution in [0.3, 0.4) is 0 Å². The molecular formula is C18H38O2. The molecule has 0 aliphatic rings. The van der Waals surface area contributed by atoms with E-state index in [1.54, 1.807) is 0 Å². The minimum absolute atomic E-state index is 0.134. The number of aliphatic carboxylic acids is 1. The summed E-state index contributed by atoms with van der Waals surface area (Å²) in [4.78, 5) is 10.7. The second-order valence-corrected chi connectivity index (χ2v) is 6.20. The lowest BCUT2D eigenvalue weighted by Crippen LogP contribution is -2.21. The molecule has 0 saturated heterocycles. The largest absolute Gasteiger partial charge is 0.481 e. The third kappa shape index (κ3) is 8.60. The first-order valence-electron chi connectivity index (χ1n) is 8.58. The van der Waals surface area contributed by atoms with Crippen molar-refractivity contribution in [2.24, 2.45) is 17.3 Å². The van der Waals surface area contributed by atoms with E-state index in [4.69, 9.17) is 5.11 Å². The van der Waals surface area contributed by atoms with Gasteiger partial charge < -0.3 is 5.11 Å². The van der Waals surface area contributed by atoms with Crippen molar-refractivity contribution < 1.29 is 9.90 Å². The molecule has 1 unspecified atom stereocenters. The van der Waals surface area contributed by atoms with E-state index < -0.39 is 5.97 Å². The second-order valence-electron chi connectivity index (χ2n) is 6.20. The van der Waals surface area contributed by atoms with E-state index in [2.05, 4.69) is 41.5 Å². The van der Waals surface area contributed by atoms with Gasteiger partial charge in [0.15, 0.2) is 0 Å². The monoisotopic (exact) mass is 286 g/mol. The molecule has 0 amide bonds. The summed E-state index contributed by atoms with van der Waals surface area (Å²) in [6, 6.07) is 0. The molecule has 0 aromatic rings. The molecule has 0 aliphatic carbocycles. The quantitative estimate of drug-likeness (QED) is 0.552. The first-order chi connectivity index (χ1) is 9.35. The molecule has 0 radical (unpaired) electrons. The normalized spacial score (nSPS) is 12.8. The Morgan fingerprint density at radius 3 is 1.50 bits per heavy atom. The fourth-order valence-electron chi connectivity index (χ4n) is 2.77. The molecule has 0 rings (SSSR count). The van der Waals surface area contributed by atoms with E-state index in [1.807, 2.05) is 6.92 Å². The Morgan fingerprint density at radius 1 is 0.950 bits per heavy atom. The van der Waals surface area contributed by atoms with Crippen molar-refractivity contribution in [1.29, 1.82) is 0 Å². The predicted octanol–water partition coefficient (Wildman–Crippen LogP) is 6.15. The third-order valence-electron chi connectivity index (χ3n) is 4.94. The van der Waals surface area contributed by atoms with Crippen LogP contribution in [-0.2, 0) is 4.79 Å². The van der Waals surface area contributed by atoms with Gasteiger partial charge in [-0.3, -0.25) is 4.79 Å². The second kappa shape index (κ2) is 12.2. The topological polar surface area (TPSA) is 37.3 Å². The average Bonchev–Trinajstić information content (AvgIpc) is 2.44. The zero-order valence-corrected chi connectivity index (χ0v) is 15.0. The van der Waals surface area contributed by atoms with E-state index in [0.29, 0.717) is 11.3 Å². The zero-order valence-electron chi connectivity index (χ0n) is 15.0. The summed E-state index contributed by atoms with van der Waals surface area (Å²) in [5, 5.41) is 8.81. The van der Waals surface area contributed by atoms with Gasteiger partial charge >= 0.3 is 5.97 Å². The van der Waals surface area contributed by atoms with E-state index in [9.17, 15) is 4.79 Å². The summed E-state index contributed by atoms with van der Waals surface area (Å²) in [5.41, 5.74) is 0.634. The van der Waals surface area contributed by atoms with Gasteiger partial charge in [0.25, 0.3) is 0 Å². The molecule has 2 nitrogen and oxygen atoms in total. The van der Waals surface area contributed by atoms with Gasteiger partial charge in [0.05, 0.1) is 5.92 Å². The van der Waals surface area contributed by atoms with Gasteiger partial charge in [-0.2, -0.15) is 0 Å². The molecule has 0 aromatic heterocycles. The Balaban J connectivity index is 0. The van der Waals surface area contributed by atoms with Gasteiger partial charge in [0.2, 0.25) is 0 Å². The molecule has 0 aliphatic heterocycles. The maximum atomic E-state index is 10.7. The van der Waals surface area contributed by atoms with Crippen LogP contribution in [0.25, 0.3) is 0 Å². The van der Waals surface area contributed by atoms with Crippen LogP contribution in [0.1, 0.15) is 93.4 Å². The summed E-state index contributed by atoms with van der Waals surface area (Å²) in [7, 11) is 0. The standard InChI is InChI=1S/C9H18O2.C9H20/c1-4-7(5-2)8(6-3)9(10)11;1-5-8-9(4,6-2)7-3/h7-8H,4-6H2,1-3H3,(H,10,11);5-8H2,1-4H3. The molecular weight excluding hydrogens is 248 g/mol. The third-order valence-corrected chi connectivity index (χ3v) is 4.94. The first-order valence-corrected chi connectivity index (χ1v) is 8.58. The van der Waals surface area contributed by atoms with Crippen LogP contribution >= 0.6 is 0 Å². The first kappa shape index (κ1) is 21.8.